The average molecular weight is 429 g/mol. The van der Waals surface area contributed by atoms with Gasteiger partial charge in [0.2, 0.25) is 11.8 Å². The summed E-state index contributed by atoms with van der Waals surface area (Å²) in [5, 5.41) is 5.71. The highest BCUT2D eigenvalue weighted by atomic mass is 16.2. The van der Waals surface area contributed by atoms with Gasteiger partial charge in [-0.15, -0.1) is 0 Å². The first-order valence-electron chi connectivity index (χ1n) is 11.4. The summed E-state index contributed by atoms with van der Waals surface area (Å²) >= 11 is 0. The van der Waals surface area contributed by atoms with Gasteiger partial charge in [-0.1, -0.05) is 76.2 Å². The number of carbonyl (C=O) groups excluding carboxylic acids is 2. The van der Waals surface area contributed by atoms with E-state index in [1.54, 1.807) is 0 Å². The molecule has 2 aromatic carbocycles. The molecule has 31 heavy (non-hydrogen) atoms. The normalized spacial score (nSPS) is 10.6. The molecule has 0 unspecified atom stereocenters. The Morgan fingerprint density at radius 1 is 0.806 bits per heavy atom. The van der Waals surface area contributed by atoms with Crippen LogP contribution in [0.1, 0.15) is 85.4 Å². The van der Waals surface area contributed by atoms with E-state index in [0.29, 0.717) is 31.2 Å². The lowest BCUT2D eigenvalue weighted by molar-refractivity contribution is -0.121. The van der Waals surface area contributed by atoms with Gasteiger partial charge >= 0.3 is 0 Å². The largest absolute Gasteiger partial charge is 0.356 e. The number of hydrogen-bond acceptors (Lipinski definition) is 2. The van der Waals surface area contributed by atoms with Gasteiger partial charge in [0.15, 0.2) is 0 Å². The molecular formula is C27H44N2O2. The minimum absolute atomic E-state index is 0. The quantitative estimate of drug-likeness (QED) is 0.553. The summed E-state index contributed by atoms with van der Waals surface area (Å²) in [6, 6.07) is 16.6. The molecule has 0 heterocycles. The van der Waals surface area contributed by atoms with Gasteiger partial charge in [-0.25, -0.2) is 0 Å². The lowest BCUT2D eigenvalue weighted by Gasteiger charge is -2.12. The standard InChI is InChI=1S/C14H21NO.C13H19NO.2H2/c1-10(2)13-7-5-12(6-8-13)9-14(16)15-11(3)4;1-4-14-13(15)9-11-7-5-6-8-12(11)10(2)3;;/h5-8,10-11H,9H2,1-4H3,(H,15,16);5-8,10H,4,9H2,1-3H3,(H,14,15);2*1H. The molecule has 2 rings (SSSR count). The maximum Gasteiger partial charge on any atom is 0.224 e. The van der Waals surface area contributed by atoms with Crippen molar-refractivity contribution in [3.8, 4) is 0 Å². The number of rotatable bonds is 8. The Hall–Kier alpha value is -2.62. The molecule has 0 saturated carbocycles. The third-order valence-corrected chi connectivity index (χ3v) is 4.86. The SMILES string of the molecule is CC(C)NC(=O)Cc1ccc(C(C)C)cc1.CCNC(=O)Cc1ccccc1C(C)C.[HH].[HH]. The highest BCUT2D eigenvalue weighted by Crippen LogP contribution is 2.19. The zero-order valence-corrected chi connectivity index (χ0v) is 20.3. The minimum atomic E-state index is 0. The fraction of sp³-hybridized carbons (Fsp3) is 0.481. The van der Waals surface area contributed by atoms with Gasteiger partial charge in [0, 0.05) is 15.4 Å². The van der Waals surface area contributed by atoms with Crippen LogP contribution in [0.15, 0.2) is 48.5 Å². The minimum Gasteiger partial charge on any atom is -0.356 e. The summed E-state index contributed by atoms with van der Waals surface area (Å²) < 4.78 is 0. The topological polar surface area (TPSA) is 58.2 Å². The second-order valence-electron chi connectivity index (χ2n) is 8.78. The van der Waals surface area contributed by atoms with Crippen molar-refractivity contribution in [2.24, 2.45) is 0 Å². The average Bonchev–Trinajstić information content (AvgIpc) is 2.68. The van der Waals surface area contributed by atoms with Gasteiger partial charge in [0.25, 0.3) is 0 Å². The summed E-state index contributed by atoms with van der Waals surface area (Å²) in [6.07, 6.45) is 0.957. The van der Waals surface area contributed by atoms with Gasteiger partial charge in [-0.3, -0.25) is 9.59 Å². The predicted molar refractivity (Wildman–Crippen MR) is 135 cm³/mol. The van der Waals surface area contributed by atoms with Gasteiger partial charge in [-0.2, -0.15) is 0 Å². The monoisotopic (exact) mass is 428 g/mol. The van der Waals surface area contributed by atoms with E-state index in [0.717, 1.165) is 11.1 Å². The van der Waals surface area contributed by atoms with Crippen LogP contribution in [-0.2, 0) is 22.4 Å². The van der Waals surface area contributed by atoms with Crippen molar-refractivity contribution < 1.29 is 12.4 Å². The van der Waals surface area contributed by atoms with Crippen LogP contribution >= 0.6 is 0 Å². The third-order valence-electron chi connectivity index (χ3n) is 4.86. The molecule has 4 nitrogen and oxygen atoms in total. The Morgan fingerprint density at radius 3 is 1.94 bits per heavy atom. The predicted octanol–water partition coefficient (Wildman–Crippen LogP) is 5.86. The van der Waals surface area contributed by atoms with Gasteiger partial charge < -0.3 is 10.6 Å². The molecule has 0 aliphatic carbocycles. The maximum atomic E-state index is 11.5. The van der Waals surface area contributed by atoms with Crippen molar-refractivity contribution in [3.05, 3.63) is 70.8 Å². The number of benzene rings is 2. The summed E-state index contributed by atoms with van der Waals surface area (Å²) in [5.74, 6) is 1.20. The molecule has 2 amide bonds. The second kappa shape index (κ2) is 13.6. The zero-order valence-electron chi connectivity index (χ0n) is 20.3. The smallest absolute Gasteiger partial charge is 0.224 e. The Bertz CT molecular complexity index is 819. The molecule has 0 aliphatic heterocycles. The Morgan fingerprint density at radius 2 is 1.42 bits per heavy atom. The molecule has 2 aromatic rings. The molecule has 0 saturated heterocycles. The molecule has 4 heteroatoms. The van der Waals surface area contributed by atoms with Crippen LogP contribution in [0.4, 0.5) is 0 Å². The van der Waals surface area contributed by atoms with Crippen molar-refractivity contribution >= 4 is 11.8 Å². The van der Waals surface area contributed by atoms with Gasteiger partial charge in [-0.05, 0) is 54.9 Å². The van der Waals surface area contributed by atoms with Crippen LogP contribution in [0.2, 0.25) is 0 Å². The first kappa shape index (κ1) is 26.4. The molecule has 0 atom stereocenters. The lowest BCUT2D eigenvalue weighted by atomic mass is 9.95. The molecular weight excluding hydrogens is 384 g/mol. The van der Waals surface area contributed by atoms with Gasteiger partial charge in [0.05, 0.1) is 12.8 Å². The molecule has 174 valence electrons. The highest BCUT2D eigenvalue weighted by Gasteiger charge is 2.09. The van der Waals surface area contributed by atoms with E-state index in [1.807, 2.05) is 51.1 Å². The lowest BCUT2D eigenvalue weighted by Crippen LogP contribution is -2.31. The molecule has 2 N–H and O–H groups in total. The molecule has 0 aliphatic rings. The maximum absolute atomic E-state index is 11.5. The van der Waals surface area contributed by atoms with Crippen LogP contribution in [0.5, 0.6) is 0 Å². The number of nitrogens with one attached hydrogen (secondary N) is 2. The number of hydrogen-bond donors (Lipinski definition) is 2. The van der Waals surface area contributed by atoms with Crippen molar-refractivity contribution in [3.63, 3.8) is 0 Å². The van der Waals surface area contributed by atoms with Crippen molar-refractivity contribution in [2.75, 3.05) is 6.54 Å². The number of carbonyl (C=O) groups is 2. The van der Waals surface area contributed by atoms with E-state index < -0.39 is 0 Å². The van der Waals surface area contributed by atoms with Crippen LogP contribution in [0, 0.1) is 0 Å². The number of amides is 2. The Labute approximate surface area is 191 Å². The van der Waals surface area contributed by atoms with E-state index in [4.69, 9.17) is 0 Å². The third kappa shape index (κ3) is 10.3. The Balaban J connectivity index is 0. The first-order valence-corrected chi connectivity index (χ1v) is 11.4. The van der Waals surface area contributed by atoms with Crippen molar-refractivity contribution in [1.29, 1.82) is 0 Å². The van der Waals surface area contributed by atoms with E-state index in [9.17, 15) is 9.59 Å². The van der Waals surface area contributed by atoms with Crippen LogP contribution < -0.4 is 10.6 Å². The van der Waals surface area contributed by atoms with Gasteiger partial charge in [0.1, 0.15) is 0 Å². The zero-order chi connectivity index (χ0) is 23.4. The summed E-state index contributed by atoms with van der Waals surface area (Å²) in [6.45, 7) is 15.2. The second-order valence-corrected chi connectivity index (χ2v) is 8.78. The van der Waals surface area contributed by atoms with Crippen LogP contribution in [0.3, 0.4) is 0 Å². The van der Waals surface area contributed by atoms with E-state index in [1.165, 1.54) is 11.1 Å². The first-order chi connectivity index (χ1) is 14.6. The van der Waals surface area contributed by atoms with E-state index in [2.05, 4.69) is 56.5 Å². The van der Waals surface area contributed by atoms with Crippen LogP contribution in [-0.4, -0.2) is 24.4 Å². The van der Waals surface area contributed by atoms with Crippen molar-refractivity contribution in [2.45, 2.75) is 79.2 Å². The van der Waals surface area contributed by atoms with Crippen molar-refractivity contribution in [1.82, 2.24) is 10.6 Å². The molecule has 0 radical (unpaired) electrons. The molecule has 0 spiro atoms. The summed E-state index contributed by atoms with van der Waals surface area (Å²) in [4.78, 5) is 23.0. The molecule has 0 bridgehead atoms. The fourth-order valence-corrected chi connectivity index (χ4v) is 3.27. The van der Waals surface area contributed by atoms with E-state index >= 15 is 0 Å². The van der Waals surface area contributed by atoms with E-state index in [-0.39, 0.29) is 20.7 Å². The fourth-order valence-electron chi connectivity index (χ4n) is 3.27. The summed E-state index contributed by atoms with van der Waals surface area (Å²) in [5.41, 5.74) is 4.79. The number of likely N-dealkylation sites (N-methyl/N-ethyl adjacent to an activating group) is 1. The highest BCUT2D eigenvalue weighted by molar-refractivity contribution is 5.79. The molecule has 0 aromatic heterocycles. The Kier molecular flexibility index (Phi) is 11.6. The van der Waals surface area contributed by atoms with Crippen LogP contribution in [0.25, 0.3) is 0 Å². The summed E-state index contributed by atoms with van der Waals surface area (Å²) in [7, 11) is 0. The molecule has 0 fully saturated rings.